The summed E-state index contributed by atoms with van der Waals surface area (Å²) in [4.78, 5) is 4.20. The minimum Gasteiger partial charge on any atom is -0.376 e. The van der Waals surface area contributed by atoms with Crippen molar-refractivity contribution in [2.75, 3.05) is 37.7 Å². The molecular formula is C23H26F2N6O. The van der Waals surface area contributed by atoms with Gasteiger partial charge in [-0.3, -0.25) is 4.90 Å². The summed E-state index contributed by atoms with van der Waals surface area (Å²) in [6.45, 7) is 3.79. The molecule has 2 fully saturated rings. The van der Waals surface area contributed by atoms with Crippen LogP contribution in [0.1, 0.15) is 30.3 Å². The minimum atomic E-state index is -0.435. The highest BCUT2D eigenvalue weighted by atomic mass is 19.1. The maximum atomic E-state index is 14.9. The van der Waals surface area contributed by atoms with E-state index in [1.54, 1.807) is 28.9 Å². The number of tetrazole rings is 1. The van der Waals surface area contributed by atoms with Crippen molar-refractivity contribution >= 4 is 5.69 Å². The van der Waals surface area contributed by atoms with Gasteiger partial charge in [0, 0.05) is 38.3 Å². The molecule has 5 rings (SSSR count). The standard InChI is InChI=1S/C23H26F2N6O/c24-19-8-2-1-7-18(19)22(23-26-27-28-31(23)16-17-6-5-15-32-17)30-13-11-29(12-14-30)21-10-4-3-9-20(21)25/h1-4,7-10,17,22H,5-6,11-16H2/t17-,22+/m0/s1. The Labute approximate surface area is 185 Å². The lowest BCUT2D eigenvalue weighted by Crippen LogP contribution is -2.48. The molecular weight excluding hydrogens is 414 g/mol. The Bertz CT molecular complexity index is 1050. The normalized spacial score (nSPS) is 20.6. The molecule has 7 nitrogen and oxygen atoms in total. The van der Waals surface area contributed by atoms with Crippen molar-refractivity contribution in [1.29, 1.82) is 0 Å². The number of benzene rings is 2. The molecule has 3 aromatic rings. The van der Waals surface area contributed by atoms with E-state index in [9.17, 15) is 8.78 Å². The van der Waals surface area contributed by atoms with Crippen LogP contribution >= 0.6 is 0 Å². The number of para-hydroxylation sites is 1. The molecule has 2 saturated heterocycles. The fourth-order valence-corrected chi connectivity index (χ4v) is 4.64. The first-order valence-corrected chi connectivity index (χ1v) is 11.1. The predicted octanol–water partition coefficient (Wildman–Crippen LogP) is 3.04. The highest BCUT2D eigenvalue weighted by Gasteiger charge is 2.33. The van der Waals surface area contributed by atoms with Gasteiger partial charge in [-0.1, -0.05) is 30.3 Å². The summed E-state index contributed by atoms with van der Waals surface area (Å²) in [5.41, 5.74) is 1.13. The number of rotatable bonds is 6. The molecule has 0 saturated carbocycles. The van der Waals surface area contributed by atoms with Gasteiger partial charge in [-0.05, 0) is 41.5 Å². The second-order valence-electron chi connectivity index (χ2n) is 8.25. The van der Waals surface area contributed by atoms with Crippen LogP contribution in [0, 0.1) is 11.6 Å². The molecule has 0 aliphatic carbocycles. The van der Waals surface area contributed by atoms with E-state index in [0.717, 1.165) is 19.4 Å². The van der Waals surface area contributed by atoms with Crippen molar-refractivity contribution in [3.63, 3.8) is 0 Å². The summed E-state index contributed by atoms with van der Waals surface area (Å²) in [5, 5.41) is 12.4. The lowest BCUT2D eigenvalue weighted by molar-refractivity contribution is 0.0906. The van der Waals surface area contributed by atoms with Gasteiger partial charge < -0.3 is 9.64 Å². The van der Waals surface area contributed by atoms with Crippen molar-refractivity contribution in [2.24, 2.45) is 0 Å². The summed E-state index contributed by atoms with van der Waals surface area (Å²) in [6, 6.07) is 13.1. The highest BCUT2D eigenvalue weighted by molar-refractivity contribution is 5.48. The van der Waals surface area contributed by atoms with Crippen LogP contribution in [0.2, 0.25) is 0 Å². The lowest BCUT2D eigenvalue weighted by Gasteiger charge is -2.40. The van der Waals surface area contributed by atoms with Crippen LogP contribution < -0.4 is 4.90 Å². The van der Waals surface area contributed by atoms with E-state index in [1.165, 1.54) is 12.1 Å². The number of hydrogen-bond donors (Lipinski definition) is 0. The largest absolute Gasteiger partial charge is 0.376 e. The van der Waals surface area contributed by atoms with E-state index in [-0.39, 0.29) is 17.7 Å². The third-order valence-corrected chi connectivity index (χ3v) is 6.28. The fraction of sp³-hybridized carbons (Fsp3) is 0.435. The lowest BCUT2D eigenvalue weighted by atomic mass is 10.0. The van der Waals surface area contributed by atoms with Gasteiger partial charge in [0.25, 0.3) is 0 Å². The van der Waals surface area contributed by atoms with Gasteiger partial charge in [0.2, 0.25) is 0 Å². The number of aromatic nitrogens is 4. The molecule has 168 valence electrons. The maximum Gasteiger partial charge on any atom is 0.173 e. The number of anilines is 1. The number of hydrogen-bond acceptors (Lipinski definition) is 6. The molecule has 0 N–H and O–H groups in total. The Balaban J connectivity index is 1.42. The van der Waals surface area contributed by atoms with Crippen molar-refractivity contribution in [2.45, 2.75) is 31.5 Å². The van der Waals surface area contributed by atoms with Crippen molar-refractivity contribution in [3.8, 4) is 0 Å². The van der Waals surface area contributed by atoms with E-state index >= 15 is 0 Å². The van der Waals surface area contributed by atoms with Crippen molar-refractivity contribution in [1.82, 2.24) is 25.1 Å². The monoisotopic (exact) mass is 440 g/mol. The van der Waals surface area contributed by atoms with Crippen LogP contribution in [0.4, 0.5) is 14.5 Å². The number of ether oxygens (including phenoxy) is 1. The van der Waals surface area contributed by atoms with Gasteiger partial charge in [0.15, 0.2) is 5.82 Å². The molecule has 0 unspecified atom stereocenters. The third kappa shape index (κ3) is 4.22. The second kappa shape index (κ2) is 9.30. The first-order chi connectivity index (χ1) is 15.7. The summed E-state index contributed by atoms with van der Waals surface area (Å²) < 4.78 is 36.7. The topological polar surface area (TPSA) is 59.3 Å². The average molecular weight is 440 g/mol. The Morgan fingerprint density at radius 1 is 0.969 bits per heavy atom. The smallest absolute Gasteiger partial charge is 0.173 e. The fourth-order valence-electron chi connectivity index (χ4n) is 4.64. The SMILES string of the molecule is Fc1ccccc1[C@H](c1nnnn1C[C@@H]1CCCO1)N1CCN(c2ccccc2F)CC1. The molecule has 2 aliphatic rings. The van der Waals surface area contributed by atoms with Crippen LogP contribution in [0.5, 0.6) is 0 Å². The van der Waals surface area contributed by atoms with E-state index in [4.69, 9.17) is 4.74 Å². The molecule has 2 aromatic carbocycles. The highest BCUT2D eigenvalue weighted by Crippen LogP contribution is 2.31. The van der Waals surface area contributed by atoms with Gasteiger partial charge in [0.05, 0.1) is 18.3 Å². The number of halogens is 2. The summed E-state index contributed by atoms with van der Waals surface area (Å²) >= 11 is 0. The molecule has 0 bridgehead atoms. The number of piperazine rings is 1. The summed E-state index contributed by atoms with van der Waals surface area (Å²) in [7, 11) is 0. The minimum absolute atomic E-state index is 0.0661. The van der Waals surface area contributed by atoms with Crippen LogP contribution in [-0.2, 0) is 11.3 Å². The summed E-state index contributed by atoms with van der Waals surface area (Å²) in [5.74, 6) is 0.0813. The van der Waals surface area contributed by atoms with Crippen LogP contribution in [-0.4, -0.2) is 64.0 Å². The van der Waals surface area contributed by atoms with E-state index in [2.05, 4.69) is 20.4 Å². The molecule has 9 heteroatoms. The number of nitrogens with zero attached hydrogens (tertiary/aromatic N) is 6. The molecule has 1 aromatic heterocycles. The second-order valence-corrected chi connectivity index (χ2v) is 8.25. The Morgan fingerprint density at radius 2 is 1.72 bits per heavy atom. The first kappa shape index (κ1) is 21.0. The van der Waals surface area contributed by atoms with Crippen LogP contribution in [0.3, 0.4) is 0 Å². The van der Waals surface area contributed by atoms with E-state index < -0.39 is 6.04 Å². The van der Waals surface area contributed by atoms with Gasteiger partial charge in [0.1, 0.15) is 17.7 Å². The molecule has 0 amide bonds. The van der Waals surface area contributed by atoms with Gasteiger partial charge in [-0.2, -0.15) is 0 Å². The third-order valence-electron chi connectivity index (χ3n) is 6.28. The maximum absolute atomic E-state index is 14.9. The van der Waals surface area contributed by atoms with Crippen LogP contribution in [0.25, 0.3) is 0 Å². The molecule has 32 heavy (non-hydrogen) atoms. The van der Waals surface area contributed by atoms with Crippen LogP contribution in [0.15, 0.2) is 48.5 Å². The molecule has 3 heterocycles. The zero-order valence-electron chi connectivity index (χ0n) is 17.8. The Morgan fingerprint density at radius 3 is 2.44 bits per heavy atom. The molecule has 0 radical (unpaired) electrons. The zero-order chi connectivity index (χ0) is 21.9. The summed E-state index contributed by atoms with van der Waals surface area (Å²) in [6.07, 6.45) is 2.05. The Kier molecular flexibility index (Phi) is 6.09. The average Bonchev–Trinajstić information content (AvgIpc) is 3.49. The quantitative estimate of drug-likeness (QED) is 0.587. The molecule has 2 aliphatic heterocycles. The zero-order valence-corrected chi connectivity index (χ0v) is 17.8. The van der Waals surface area contributed by atoms with Gasteiger partial charge in [-0.25, -0.2) is 13.5 Å². The van der Waals surface area contributed by atoms with Crippen molar-refractivity contribution < 1.29 is 13.5 Å². The Hall–Kier alpha value is -2.91. The van der Waals surface area contributed by atoms with E-state index in [0.29, 0.717) is 49.8 Å². The van der Waals surface area contributed by atoms with Crippen molar-refractivity contribution in [3.05, 3.63) is 71.6 Å². The molecule has 0 spiro atoms. The van der Waals surface area contributed by atoms with Gasteiger partial charge in [-0.15, -0.1) is 5.10 Å². The van der Waals surface area contributed by atoms with Gasteiger partial charge >= 0.3 is 0 Å². The predicted molar refractivity (Wildman–Crippen MR) is 115 cm³/mol. The first-order valence-electron chi connectivity index (χ1n) is 11.1. The molecule has 2 atom stereocenters. The van der Waals surface area contributed by atoms with E-state index in [1.807, 2.05) is 17.0 Å².